The van der Waals surface area contributed by atoms with Gasteiger partial charge in [-0.2, -0.15) is 0 Å². The Balaban J connectivity index is 1.74. The molecule has 114 valence electrons. The average molecular weight is 302 g/mol. The van der Waals surface area contributed by atoms with Crippen molar-refractivity contribution in [1.82, 2.24) is 4.90 Å². The van der Waals surface area contributed by atoms with E-state index in [0.717, 1.165) is 30.5 Å². The molecule has 3 nitrogen and oxygen atoms in total. The number of rotatable bonds is 2. The van der Waals surface area contributed by atoms with E-state index in [2.05, 4.69) is 11.4 Å². The predicted octanol–water partition coefficient (Wildman–Crippen LogP) is 4.12. The van der Waals surface area contributed by atoms with Crippen LogP contribution >= 0.6 is 0 Å². The van der Waals surface area contributed by atoms with Crippen molar-refractivity contribution in [3.05, 3.63) is 65.2 Å². The van der Waals surface area contributed by atoms with Gasteiger partial charge in [0.15, 0.2) is 11.6 Å². The molecule has 0 fully saturated rings. The number of nitrogens with one attached hydrogen (secondary N) is 1. The number of hydrogen-bond acceptors (Lipinski definition) is 1. The first-order valence-electron chi connectivity index (χ1n) is 7.13. The molecule has 2 amide bonds. The van der Waals surface area contributed by atoms with Crippen LogP contribution in [0.2, 0.25) is 0 Å². The Hall–Kier alpha value is -2.43. The smallest absolute Gasteiger partial charge is 0.321 e. The summed E-state index contributed by atoms with van der Waals surface area (Å²) in [7, 11) is 1.71. The third-order valence-corrected chi connectivity index (χ3v) is 4.06. The monoisotopic (exact) mass is 302 g/mol. The quantitative estimate of drug-likeness (QED) is 0.889. The molecular formula is C17H16F2N2O. The molecule has 1 atom stereocenters. The zero-order valence-corrected chi connectivity index (χ0v) is 12.1. The highest BCUT2D eigenvalue weighted by Gasteiger charge is 2.28. The first-order valence-corrected chi connectivity index (χ1v) is 7.13. The average Bonchev–Trinajstić information content (AvgIpc) is 2.94. The Labute approximate surface area is 127 Å². The molecule has 1 N–H and O–H groups in total. The molecule has 0 saturated heterocycles. The molecule has 0 aromatic heterocycles. The Morgan fingerprint density at radius 2 is 1.95 bits per heavy atom. The lowest BCUT2D eigenvalue weighted by Crippen LogP contribution is -2.34. The predicted molar refractivity (Wildman–Crippen MR) is 80.6 cm³/mol. The molecule has 0 bridgehead atoms. The van der Waals surface area contributed by atoms with Gasteiger partial charge in [0.25, 0.3) is 0 Å². The van der Waals surface area contributed by atoms with Gasteiger partial charge in [-0.15, -0.1) is 0 Å². The van der Waals surface area contributed by atoms with E-state index in [4.69, 9.17) is 0 Å². The number of carbonyl (C=O) groups excluding carboxylic acids is 1. The van der Waals surface area contributed by atoms with Gasteiger partial charge < -0.3 is 10.2 Å². The van der Waals surface area contributed by atoms with Crippen LogP contribution in [0.15, 0.2) is 42.5 Å². The van der Waals surface area contributed by atoms with Gasteiger partial charge in [-0.3, -0.25) is 0 Å². The first-order chi connectivity index (χ1) is 10.6. The van der Waals surface area contributed by atoms with Crippen LogP contribution < -0.4 is 5.32 Å². The van der Waals surface area contributed by atoms with Gasteiger partial charge in [0.2, 0.25) is 0 Å². The minimum absolute atomic E-state index is 0.00138. The van der Waals surface area contributed by atoms with Gasteiger partial charge in [0.1, 0.15) is 0 Å². The summed E-state index contributed by atoms with van der Waals surface area (Å²) in [5, 5.41) is 2.60. The summed E-state index contributed by atoms with van der Waals surface area (Å²) < 4.78 is 26.1. The maximum Gasteiger partial charge on any atom is 0.322 e. The number of benzene rings is 2. The summed E-state index contributed by atoms with van der Waals surface area (Å²) >= 11 is 0. The molecule has 0 unspecified atom stereocenters. The molecule has 22 heavy (non-hydrogen) atoms. The van der Waals surface area contributed by atoms with E-state index in [-0.39, 0.29) is 17.8 Å². The summed E-state index contributed by atoms with van der Waals surface area (Å²) in [6.07, 6.45) is 1.80. The Kier molecular flexibility index (Phi) is 3.79. The second kappa shape index (κ2) is 5.75. The molecule has 0 radical (unpaired) electrons. The fraction of sp³-hybridized carbons (Fsp3) is 0.235. The van der Waals surface area contributed by atoms with Crippen molar-refractivity contribution < 1.29 is 13.6 Å². The number of fused-ring (bicyclic) bond motifs is 1. The minimum atomic E-state index is -0.980. The number of anilines is 1. The molecule has 2 aromatic carbocycles. The molecule has 0 heterocycles. The van der Waals surface area contributed by atoms with Crippen molar-refractivity contribution in [2.45, 2.75) is 18.9 Å². The fourth-order valence-electron chi connectivity index (χ4n) is 2.86. The van der Waals surface area contributed by atoms with Crippen LogP contribution in [0.25, 0.3) is 0 Å². The lowest BCUT2D eigenvalue weighted by atomic mass is 10.1. The van der Waals surface area contributed by atoms with E-state index in [1.165, 1.54) is 11.6 Å². The summed E-state index contributed by atoms with van der Waals surface area (Å²) in [5.74, 6) is -1.91. The second-order valence-electron chi connectivity index (χ2n) is 5.42. The SMILES string of the molecule is CN(C(=O)Nc1ccc(F)c(F)c1)[C@@H]1CCc2ccccc21. The van der Waals surface area contributed by atoms with Crippen molar-refractivity contribution in [2.75, 3.05) is 12.4 Å². The summed E-state index contributed by atoms with van der Waals surface area (Å²) in [4.78, 5) is 13.9. The lowest BCUT2D eigenvalue weighted by Gasteiger charge is -2.25. The van der Waals surface area contributed by atoms with Crippen LogP contribution in [0.1, 0.15) is 23.6 Å². The van der Waals surface area contributed by atoms with Crippen LogP contribution in [0.5, 0.6) is 0 Å². The number of carbonyl (C=O) groups is 1. The Bertz CT molecular complexity index is 718. The number of amides is 2. The third-order valence-electron chi connectivity index (χ3n) is 4.06. The van der Waals surface area contributed by atoms with E-state index in [1.54, 1.807) is 11.9 Å². The van der Waals surface area contributed by atoms with Crippen LogP contribution in [-0.4, -0.2) is 18.0 Å². The third kappa shape index (κ3) is 2.66. The van der Waals surface area contributed by atoms with Gasteiger partial charge >= 0.3 is 6.03 Å². The second-order valence-corrected chi connectivity index (χ2v) is 5.42. The van der Waals surface area contributed by atoms with Crippen molar-refractivity contribution in [1.29, 1.82) is 0 Å². The zero-order chi connectivity index (χ0) is 15.7. The van der Waals surface area contributed by atoms with Gasteiger partial charge in [-0.25, -0.2) is 13.6 Å². The van der Waals surface area contributed by atoms with E-state index >= 15 is 0 Å². The summed E-state index contributed by atoms with van der Waals surface area (Å²) in [6.45, 7) is 0. The van der Waals surface area contributed by atoms with Crippen molar-refractivity contribution >= 4 is 11.7 Å². The number of aryl methyl sites for hydroxylation is 1. The maximum absolute atomic E-state index is 13.2. The highest BCUT2D eigenvalue weighted by atomic mass is 19.2. The summed E-state index contributed by atoms with van der Waals surface area (Å²) in [6, 6.07) is 11.0. The van der Waals surface area contributed by atoms with E-state index in [0.29, 0.717) is 0 Å². The standard InChI is InChI=1S/C17H16F2N2O/c1-21(16-9-6-11-4-2-3-5-13(11)16)17(22)20-12-7-8-14(18)15(19)10-12/h2-5,7-8,10,16H,6,9H2,1H3,(H,20,22)/t16-/m1/s1. The van der Waals surface area contributed by atoms with Gasteiger partial charge in [-0.05, 0) is 36.1 Å². The normalized spacial score (nSPS) is 16.2. The fourth-order valence-corrected chi connectivity index (χ4v) is 2.86. The van der Waals surface area contributed by atoms with Crippen LogP contribution in [0.4, 0.5) is 19.3 Å². The van der Waals surface area contributed by atoms with Gasteiger partial charge in [0.05, 0.1) is 6.04 Å². The largest absolute Gasteiger partial charge is 0.322 e. The molecule has 3 rings (SSSR count). The van der Waals surface area contributed by atoms with Crippen molar-refractivity contribution in [3.8, 4) is 0 Å². The van der Waals surface area contributed by atoms with Crippen LogP contribution in [-0.2, 0) is 6.42 Å². The van der Waals surface area contributed by atoms with Crippen LogP contribution in [0, 0.1) is 11.6 Å². The molecule has 0 spiro atoms. The van der Waals surface area contributed by atoms with E-state index in [1.807, 2.05) is 18.2 Å². The van der Waals surface area contributed by atoms with Gasteiger partial charge in [-0.1, -0.05) is 24.3 Å². The van der Waals surface area contributed by atoms with E-state index in [9.17, 15) is 13.6 Å². The molecule has 5 heteroatoms. The number of hydrogen-bond donors (Lipinski definition) is 1. The zero-order valence-electron chi connectivity index (χ0n) is 12.1. The van der Waals surface area contributed by atoms with Crippen molar-refractivity contribution in [3.63, 3.8) is 0 Å². The van der Waals surface area contributed by atoms with Crippen LogP contribution in [0.3, 0.4) is 0 Å². The molecule has 1 aliphatic carbocycles. The minimum Gasteiger partial charge on any atom is -0.321 e. The molecular weight excluding hydrogens is 286 g/mol. The topological polar surface area (TPSA) is 32.3 Å². The number of halogens is 2. The molecule has 2 aromatic rings. The highest BCUT2D eigenvalue weighted by molar-refractivity contribution is 5.89. The Morgan fingerprint density at radius 3 is 2.73 bits per heavy atom. The first kappa shape index (κ1) is 14.5. The highest BCUT2D eigenvalue weighted by Crippen LogP contribution is 2.35. The molecule has 1 aliphatic rings. The molecule has 0 aliphatic heterocycles. The Morgan fingerprint density at radius 1 is 1.18 bits per heavy atom. The number of urea groups is 1. The molecule has 0 saturated carbocycles. The lowest BCUT2D eigenvalue weighted by molar-refractivity contribution is 0.204. The number of nitrogens with zero attached hydrogens (tertiary/aromatic N) is 1. The van der Waals surface area contributed by atoms with Gasteiger partial charge in [0, 0.05) is 18.8 Å². The van der Waals surface area contributed by atoms with Crippen molar-refractivity contribution in [2.24, 2.45) is 0 Å². The maximum atomic E-state index is 13.2. The summed E-state index contributed by atoms with van der Waals surface area (Å²) in [5.41, 5.74) is 2.63. The van der Waals surface area contributed by atoms with E-state index < -0.39 is 11.6 Å².